The molecule has 2 aromatic carbocycles. The number of benzene rings is 2. The summed E-state index contributed by atoms with van der Waals surface area (Å²) in [6.45, 7) is 0.542. The van der Waals surface area contributed by atoms with Crippen LogP contribution in [0.5, 0.6) is 0 Å². The molecule has 0 bridgehead atoms. The van der Waals surface area contributed by atoms with Crippen LogP contribution in [0.15, 0.2) is 46.3 Å². The van der Waals surface area contributed by atoms with Gasteiger partial charge in [-0.2, -0.15) is 36.4 Å². The fourth-order valence-corrected chi connectivity index (χ4v) is 6.34. The maximum absolute atomic E-state index is 13.6. The molecule has 0 atom stereocenters. The normalized spacial score (nSPS) is 18.0. The highest BCUT2D eigenvalue weighted by Gasteiger charge is 2.38. The lowest BCUT2D eigenvalue weighted by Gasteiger charge is -2.30. The molecule has 15 heteroatoms. The number of halogens is 7. The number of likely N-dealkylation sites (tertiary alicyclic amines) is 1. The summed E-state index contributed by atoms with van der Waals surface area (Å²) in [6.07, 6.45) is -7.36. The molecule has 1 saturated heterocycles. The number of carbonyl (C=O) groups is 2. The second kappa shape index (κ2) is 11.0. The van der Waals surface area contributed by atoms with E-state index in [0.717, 1.165) is 6.07 Å². The molecule has 1 amide bonds. The highest BCUT2D eigenvalue weighted by molar-refractivity contribution is 14.1. The Hall–Kier alpha value is -3.08. The minimum absolute atomic E-state index is 0.108. The van der Waals surface area contributed by atoms with Crippen LogP contribution in [0, 0.1) is 9.62 Å². The van der Waals surface area contributed by atoms with Gasteiger partial charge in [0.1, 0.15) is 3.70 Å². The van der Waals surface area contributed by atoms with Gasteiger partial charge in [0.2, 0.25) is 0 Å². The van der Waals surface area contributed by atoms with E-state index in [1.54, 1.807) is 24.3 Å². The van der Waals surface area contributed by atoms with Gasteiger partial charge in [0.25, 0.3) is 5.91 Å². The van der Waals surface area contributed by atoms with Crippen LogP contribution >= 0.6 is 34.4 Å². The topological polar surface area (TPSA) is 87.8 Å². The molecular weight excluding hydrogens is 689 g/mol. The van der Waals surface area contributed by atoms with Crippen LogP contribution in [0.3, 0.4) is 0 Å². The Balaban J connectivity index is 1.37. The Morgan fingerprint density at radius 3 is 2.41 bits per heavy atom. The fourth-order valence-electron chi connectivity index (χ4n) is 4.69. The molecule has 3 heterocycles. The Morgan fingerprint density at radius 1 is 1.07 bits per heavy atom. The highest BCUT2D eigenvalue weighted by Crippen LogP contribution is 2.38. The third kappa shape index (κ3) is 6.24. The van der Waals surface area contributed by atoms with E-state index in [1.807, 2.05) is 27.5 Å². The van der Waals surface area contributed by atoms with Crippen molar-refractivity contribution in [2.24, 2.45) is 10.9 Å². The molecule has 41 heavy (non-hydrogen) atoms. The third-order valence-corrected chi connectivity index (χ3v) is 8.66. The molecule has 0 aliphatic carbocycles. The summed E-state index contributed by atoms with van der Waals surface area (Å²) in [7, 11) is 0. The van der Waals surface area contributed by atoms with E-state index in [-0.39, 0.29) is 11.6 Å². The van der Waals surface area contributed by atoms with Gasteiger partial charge in [-0.05, 0) is 88.7 Å². The SMILES string of the molecule is O=C1N=C(N2CCC(C(=O)O)CC2)S/C1=C/c1ccc2c(c1)c(I)nn2Cc1ccc(C(F)(F)F)cc1C(F)(F)F. The molecule has 1 N–H and O–H groups in total. The molecule has 2 aliphatic rings. The molecule has 1 aromatic heterocycles. The molecule has 0 spiro atoms. The number of piperidine rings is 1. The minimum Gasteiger partial charge on any atom is -0.481 e. The summed E-state index contributed by atoms with van der Waals surface area (Å²) in [6, 6.07) is 6.54. The molecule has 1 fully saturated rings. The van der Waals surface area contributed by atoms with Gasteiger partial charge in [0, 0.05) is 18.5 Å². The van der Waals surface area contributed by atoms with Gasteiger partial charge in [-0.1, -0.05) is 12.1 Å². The number of aliphatic imine (C=N–C) groups is 1. The predicted octanol–water partition coefficient (Wildman–Crippen LogP) is 6.49. The molecule has 0 unspecified atom stereocenters. The summed E-state index contributed by atoms with van der Waals surface area (Å²) in [5, 5.41) is 14.6. The smallest absolute Gasteiger partial charge is 0.416 e. The van der Waals surface area contributed by atoms with Crippen molar-refractivity contribution in [3.05, 3.63) is 67.3 Å². The molecule has 5 rings (SSSR count). The molecule has 7 nitrogen and oxygen atoms in total. The van der Waals surface area contributed by atoms with Crippen LogP contribution in [0.2, 0.25) is 0 Å². The van der Waals surface area contributed by atoms with Gasteiger partial charge in [0.15, 0.2) is 5.17 Å². The Bertz CT molecular complexity index is 1610. The minimum atomic E-state index is -5.00. The summed E-state index contributed by atoms with van der Waals surface area (Å²) in [4.78, 5) is 30.1. The van der Waals surface area contributed by atoms with Crippen LogP contribution in [0.1, 0.15) is 35.1 Å². The molecule has 216 valence electrons. The van der Waals surface area contributed by atoms with Gasteiger partial charge >= 0.3 is 18.3 Å². The fraction of sp³-hybridized carbons (Fsp3) is 0.308. The summed E-state index contributed by atoms with van der Waals surface area (Å²) >= 11 is 3.10. The zero-order valence-corrected chi connectivity index (χ0v) is 23.7. The largest absolute Gasteiger partial charge is 0.481 e. The molecule has 2 aliphatic heterocycles. The number of rotatable bonds is 4. The second-order valence-electron chi connectivity index (χ2n) is 9.50. The van der Waals surface area contributed by atoms with Gasteiger partial charge in [-0.3, -0.25) is 14.3 Å². The number of amidine groups is 1. The number of carboxylic acid groups (broad SMARTS) is 1. The van der Waals surface area contributed by atoms with Crippen LogP contribution in [0.25, 0.3) is 17.0 Å². The second-order valence-corrected chi connectivity index (χ2v) is 11.5. The molecule has 0 saturated carbocycles. The van der Waals surface area contributed by atoms with E-state index in [2.05, 4.69) is 10.1 Å². The standard InChI is InChI=1S/C26H19F6IN4O3S/c27-25(28,29)16-3-2-15(18(11-16)26(30,31)32)12-37-19-4-1-13(9-17(19)21(33)35-37)10-20-22(38)34-24(41-20)36-7-5-14(6-8-36)23(39)40/h1-4,9-11,14H,5-8,12H2,(H,39,40)/b20-10+. The van der Waals surface area contributed by atoms with Crippen molar-refractivity contribution in [1.82, 2.24) is 14.7 Å². The molecular formula is C26H19F6IN4O3S. The summed E-state index contributed by atoms with van der Waals surface area (Å²) in [5.74, 6) is -1.69. The van der Waals surface area contributed by atoms with E-state index in [9.17, 15) is 41.0 Å². The zero-order valence-electron chi connectivity index (χ0n) is 20.8. The number of amides is 1. The van der Waals surface area contributed by atoms with Crippen molar-refractivity contribution >= 4 is 68.4 Å². The average molecular weight is 708 g/mol. The van der Waals surface area contributed by atoms with Crippen LogP contribution in [0.4, 0.5) is 26.3 Å². The number of carbonyl (C=O) groups excluding carboxylic acids is 1. The van der Waals surface area contributed by atoms with Crippen LogP contribution in [-0.2, 0) is 28.5 Å². The summed E-state index contributed by atoms with van der Waals surface area (Å²) < 4.78 is 81.8. The average Bonchev–Trinajstić information content (AvgIpc) is 3.41. The first-order valence-corrected chi connectivity index (χ1v) is 14.0. The maximum Gasteiger partial charge on any atom is 0.416 e. The number of nitrogens with zero attached hydrogens (tertiary/aromatic N) is 4. The van der Waals surface area contributed by atoms with E-state index in [1.165, 1.54) is 16.4 Å². The van der Waals surface area contributed by atoms with Gasteiger partial charge in [-0.25, -0.2) is 0 Å². The third-order valence-electron chi connectivity index (χ3n) is 6.81. The lowest BCUT2D eigenvalue weighted by molar-refractivity contribution is -0.144. The maximum atomic E-state index is 13.6. The number of alkyl halides is 6. The van der Waals surface area contributed by atoms with E-state index < -0.39 is 47.8 Å². The van der Waals surface area contributed by atoms with Crippen molar-refractivity contribution in [3.8, 4) is 0 Å². The zero-order chi connectivity index (χ0) is 29.7. The quantitative estimate of drug-likeness (QED) is 0.190. The summed E-state index contributed by atoms with van der Waals surface area (Å²) in [5.41, 5.74) is -2.04. The van der Waals surface area contributed by atoms with E-state index >= 15 is 0 Å². The highest BCUT2D eigenvalue weighted by atomic mass is 127. The van der Waals surface area contributed by atoms with Crippen molar-refractivity contribution in [2.75, 3.05) is 13.1 Å². The lowest BCUT2D eigenvalue weighted by atomic mass is 9.98. The lowest BCUT2D eigenvalue weighted by Crippen LogP contribution is -2.38. The number of aliphatic carboxylic acids is 1. The Morgan fingerprint density at radius 2 is 1.78 bits per heavy atom. The van der Waals surface area contributed by atoms with Crippen molar-refractivity contribution in [3.63, 3.8) is 0 Å². The van der Waals surface area contributed by atoms with Crippen LogP contribution < -0.4 is 0 Å². The number of carboxylic acids is 1. The number of fused-ring (bicyclic) bond motifs is 1. The Kier molecular flexibility index (Phi) is 7.86. The first-order valence-electron chi connectivity index (χ1n) is 12.1. The molecule has 3 aromatic rings. The van der Waals surface area contributed by atoms with E-state index in [4.69, 9.17) is 0 Å². The van der Waals surface area contributed by atoms with Crippen molar-refractivity contribution < 1.29 is 41.0 Å². The van der Waals surface area contributed by atoms with Gasteiger partial charge < -0.3 is 10.0 Å². The number of hydrogen-bond acceptors (Lipinski definition) is 5. The van der Waals surface area contributed by atoms with Crippen molar-refractivity contribution in [1.29, 1.82) is 0 Å². The monoisotopic (exact) mass is 708 g/mol. The first kappa shape index (κ1) is 29.4. The molecule has 0 radical (unpaired) electrons. The first-order chi connectivity index (χ1) is 19.2. The number of hydrogen-bond donors (Lipinski definition) is 1. The van der Waals surface area contributed by atoms with Gasteiger partial charge in [0.05, 0.1) is 34.0 Å². The van der Waals surface area contributed by atoms with E-state index in [0.29, 0.717) is 62.2 Å². The number of aromatic nitrogens is 2. The van der Waals surface area contributed by atoms with Crippen LogP contribution in [-0.4, -0.2) is 49.9 Å². The van der Waals surface area contributed by atoms with Gasteiger partial charge in [-0.15, -0.1) is 0 Å². The van der Waals surface area contributed by atoms with Crippen molar-refractivity contribution in [2.45, 2.75) is 31.7 Å². The predicted molar refractivity (Wildman–Crippen MR) is 148 cm³/mol. The number of thioether (sulfide) groups is 1. The Labute approximate surface area is 246 Å².